The lowest BCUT2D eigenvalue weighted by molar-refractivity contribution is -0.123. The van der Waals surface area contributed by atoms with Crippen LogP contribution in [0, 0.1) is 6.92 Å². The number of benzene rings is 1. The van der Waals surface area contributed by atoms with Gasteiger partial charge >= 0.3 is 6.03 Å². The van der Waals surface area contributed by atoms with Crippen molar-refractivity contribution in [3.63, 3.8) is 0 Å². The van der Waals surface area contributed by atoms with Gasteiger partial charge in [0.1, 0.15) is 0 Å². The fraction of sp³-hybridized carbons (Fsp3) is 0.167. The van der Waals surface area contributed by atoms with E-state index in [-0.39, 0.29) is 11.9 Å². The summed E-state index contributed by atoms with van der Waals surface area (Å²) in [6.45, 7) is 1.87. The number of fused-ring (bicyclic) bond motifs is 1. The Kier molecular flexibility index (Phi) is 4.04. The zero-order valence-electron chi connectivity index (χ0n) is 13.8. The maximum Gasteiger partial charge on any atom is 0.332 e. The van der Waals surface area contributed by atoms with Gasteiger partial charge in [-0.25, -0.2) is 14.7 Å². The molecule has 0 saturated carbocycles. The summed E-state index contributed by atoms with van der Waals surface area (Å²) in [4.78, 5) is 32.1. The number of nitrogens with one attached hydrogen (secondary N) is 1. The first-order valence-electron chi connectivity index (χ1n) is 7.54. The van der Waals surface area contributed by atoms with Gasteiger partial charge in [0.05, 0.1) is 11.4 Å². The Morgan fingerprint density at radius 2 is 1.88 bits per heavy atom. The van der Waals surface area contributed by atoms with Crippen molar-refractivity contribution in [3.05, 3.63) is 59.8 Å². The summed E-state index contributed by atoms with van der Waals surface area (Å²) in [5.41, 5.74) is 2.67. The largest absolute Gasteiger partial charge is 0.345 e. The van der Waals surface area contributed by atoms with E-state index in [1.54, 1.807) is 14.1 Å². The fourth-order valence-electron chi connectivity index (χ4n) is 2.44. The molecule has 24 heavy (non-hydrogen) atoms. The van der Waals surface area contributed by atoms with Crippen LogP contribution in [0.4, 0.5) is 16.3 Å². The molecule has 0 fully saturated rings. The summed E-state index contributed by atoms with van der Waals surface area (Å²) in [5.74, 6) is 0.313. The molecule has 1 N–H and O–H groups in total. The van der Waals surface area contributed by atoms with E-state index in [9.17, 15) is 9.59 Å². The Hall–Kier alpha value is -3.15. The molecule has 1 aromatic heterocycles. The predicted molar refractivity (Wildman–Crippen MR) is 92.8 cm³/mol. The molecular formula is C18H18N4O2. The molecule has 2 aromatic rings. The van der Waals surface area contributed by atoms with Crippen LogP contribution in [0.1, 0.15) is 11.3 Å². The number of amides is 3. The highest BCUT2D eigenvalue weighted by molar-refractivity contribution is 6.11. The number of hydrogen-bond acceptors (Lipinski definition) is 3. The molecule has 1 aromatic carbocycles. The molecule has 1 aliphatic heterocycles. The first-order valence-corrected chi connectivity index (χ1v) is 7.54. The average Bonchev–Trinajstić information content (AvgIpc) is 2.55. The fourth-order valence-corrected chi connectivity index (χ4v) is 2.44. The number of carbonyl (C=O) groups is 2. The van der Waals surface area contributed by atoms with E-state index in [2.05, 4.69) is 10.3 Å². The van der Waals surface area contributed by atoms with Gasteiger partial charge in [-0.05, 0) is 31.2 Å². The Morgan fingerprint density at radius 3 is 2.54 bits per heavy atom. The van der Waals surface area contributed by atoms with Crippen molar-refractivity contribution >= 4 is 29.1 Å². The molecule has 3 rings (SSSR count). The Balaban J connectivity index is 2.15. The second kappa shape index (κ2) is 6.16. The van der Waals surface area contributed by atoms with Gasteiger partial charge in [-0.2, -0.15) is 0 Å². The van der Waals surface area contributed by atoms with Gasteiger partial charge in [0.15, 0.2) is 5.82 Å². The molecule has 0 unspecified atom stereocenters. The van der Waals surface area contributed by atoms with Crippen molar-refractivity contribution in [1.82, 2.24) is 15.2 Å². The number of anilines is 2. The van der Waals surface area contributed by atoms with Crippen molar-refractivity contribution in [2.45, 2.75) is 6.92 Å². The predicted octanol–water partition coefficient (Wildman–Crippen LogP) is 2.68. The molecule has 2 heterocycles. The van der Waals surface area contributed by atoms with Crippen LogP contribution in [0.5, 0.6) is 0 Å². The van der Waals surface area contributed by atoms with Gasteiger partial charge in [0.2, 0.25) is 5.91 Å². The van der Waals surface area contributed by atoms with Crippen LogP contribution >= 0.6 is 0 Å². The van der Waals surface area contributed by atoms with Crippen LogP contribution in [0.15, 0.2) is 48.5 Å². The molecule has 0 atom stereocenters. The van der Waals surface area contributed by atoms with E-state index in [0.717, 1.165) is 5.69 Å². The first-order chi connectivity index (χ1) is 11.5. The minimum absolute atomic E-state index is 0.204. The molecule has 3 amide bonds. The molecule has 6 heteroatoms. The summed E-state index contributed by atoms with van der Waals surface area (Å²) in [6, 6.07) is 12.7. The third-order valence-corrected chi connectivity index (χ3v) is 3.68. The van der Waals surface area contributed by atoms with E-state index in [1.807, 2.05) is 49.4 Å². The molecule has 6 nitrogen and oxygen atoms in total. The van der Waals surface area contributed by atoms with Crippen LogP contribution in [0.25, 0.3) is 5.70 Å². The number of likely N-dealkylation sites (N-methyl/N-ethyl adjacent to an activating group) is 1. The summed E-state index contributed by atoms with van der Waals surface area (Å²) in [7, 11) is 3.32. The van der Waals surface area contributed by atoms with Gasteiger partial charge in [-0.15, -0.1) is 0 Å². The molecule has 0 saturated heterocycles. The second-order valence-corrected chi connectivity index (χ2v) is 5.72. The zero-order chi connectivity index (χ0) is 17.3. The SMILES string of the molecule is Cc1ccc2c(n1)N(c1ccccc1)C(=O)N/C2=C\C(=O)N(C)C. The number of aryl methyl sites for hydroxylation is 1. The van der Waals surface area contributed by atoms with Crippen molar-refractivity contribution in [2.24, 2.45) is 0 Å². The quantitative estimate of drug-likeness (QED) is 0.865. The van der Waals surface area contributed by atoms with E-state index < -0.39 is 0 Å². The molecule has 0 radical (unpaired) electrons. The molecule has 0 aliphatic carbocycles. The number of nitrogens with zero attached hydrogens (tertiary/aromatic N) is 3. The minimum Gasteiger partial charge on any atom is -0.345 e. The summed E-state index contributed by atoms with van der Waals surface area (Å²) < 4.78 is 0. The van der Waals surface area contributed by atoms with Crippen LogP contribution in [-0.4, -0.2) is 35.9 Å². The normalized spacial score (nSPS) is 15.0. The molecule has 122 valence electrons. The maximum atomic E-state index is 12.6. The summed E-state index contributed by atoms with van der Waals surface area (Å²) in [6.07, 6.45) is 1.41. The highest BCUT2D eigenvalue weighted by atomic mass is 16.2. The lowest BCUT2D eigenvalue weighted by Gasteiger charge is -2.30. The van der Waals surface area contributed by atoms with Crippen molar-refractivity contribution < 1.29 is 9.59 Å². The molecule has 0 spiro atoms. The number of carbonyl (C=O) groups excluding carboxylic acids is 2. The maximum absolute atomic E-state index is 12.6. The van der Waals surface area contributed by atoms with Crippen LogP contribution in [0.2, 0.25) is 0 Å². The first kappa shape index (κ1) is 15.7. The van der Waals surface area contributed by atoms with Crippen molar-refractivity contribution in [2.75, 3.05) is 19.0 Å². The highest BCUT2D eigenvalue weighted by Gasteiger charge is 2.30. The minimum atomic E-state index is -0.343. The van der Waals surface area contributed by atoms with Gasteiger partial charge in [-0.3, -0.25) is 4.79 Å². The molecule has 0 bridgehead atoms. The van der Waals surface area contributed by atoms with E-state index in [0.29, 0.717) is 22.8 Å². The second-order valence-electron chi connectivity index (χ2n) is 5.72. The number of urea groups is 1. The Bertz CT molecular complexity index is 828. The van der Waals surface area contributed by atoms with E-state index >= 15 is 0 Å². The lowest BCUT2D eigenvalue weighted by Crippen LogP contribution is -2.41. The van der Waals surface area contributed by atoms with Gasteiger partial charge in [0, 0.05) is 31.4 Å². The van der Waals surface area contributed by atoms with Crippen LogP contribution in [0.3, 0.4) is 0 Å². The third kappa shape index (κ3) is 2.86. The summed E-state index contributed by atoms with van der Waals surface area (Å²) >= 11 is 0. The van der Waals surface area contributed by atoms with Crippen molar-refractivity contribution in [1.29, 1.82) is 0 Å². The number of rotatable bonds is 2. The van der Waals surface area contributed by atoms with Crippen LogP contribution < -0.4 is 10.2 Å². The topological polar surface area (TPSA) is 65.5 Å². The Morgan fingerprint density at radius 1 is 1.17 bits per heavy atom. The number of para-hydroxylation sites is 1. The van der Waals surface area contributed by atoms with Crippen molar-refractivity contribution in [3.8, 4) is 0 Å². The van der Waals surface area contributed by atoms with Crippen LogP contribution in [-0.2, 0) is 4.79 Å². The zero-order valence-corrected chi connectivity index (χ0v) is 13.8. The highest BCUT2D eigenvalue weighted by Crippen LogP contribution is 2.34. The Labute approximate surface area is 140 Å². The standard InChI is InChI=1S/C18H18N4O2/c1-12-9-10-14-15(11-16(23)21(2)3)20-18(24)22(17(14)19-12)13-7-5-4-6-8-13/h4-11H,1-3H3,(H,20,24)/b15-11-. The lowest BCUT2D eigenvalue weighted by atomic mass is 10.1. The van der Waals surface area contributed by atoms with Gasteiger partial charge in [0.25, 0.3) is 0 Å². The number of pyridine rings is 1. The van der Waals surface area contributed by atoms with Gasteiger partial charge < -0.3 is 10.2 Å². The molecule has 1 aliphatic rings. The average molecular weight is 322 g/mol. The number of hydrogen-bond donors (Lipinski definition) is 1. The number of aromatic nitrogens is 1. The monoisotopic (exact) mass is 322 g/mol. The smallest absolute Gasteiger partial charge is 0.332 e. The summed E-state index contributed by atoms with van der Waals surface area (Å²) in [5, 5.41) is 2.79. The van der Waals surface area contributed by atoms with E-state index in [4.69, 9.17) is 0 Å². The molecular weight excluding hydrogens is 304 g/mol. The van der Waals surface area contributed by atoms with E-state index in [1.165, 1.54) is 15.9 Å². The van der Waals surface area contributed by atoms with Gasteiger partial charge in [-0.1, -0.05) is 18.2 Å². The third-order valence-electron chi connectivity index (χ3n) is 3.68.